The molecule has 2 fully saturated rings. The van der Waals surface area contributed by atoms with E-state index in [-0.39, 0.29) is 33.8 Å². The summed E-state index contributed by atoms with van der Waals surface area (Å²) in [6.07, 6.45) is 2.39. The van der Waals surface area contributed by atoms with Crippen LogP contribution in [0.4, 0.5) is 19.1 Å². The number of alkyl halides is 3. The second-order valence-electron chi connectivity index (χ2n) is 10.7. The lowest BCUT2D eigenvalue weighted by atomic mass is 9.87. The molecule has 5 atom stereocenters. The average molecular weight is 633 g/mol. The second-order valence-corrected chi connectivity index (χ2v) is 11.1. The van der Waals surface area contributed by atoms with Crippen molar-refractivity contribution in [2.24, 2.45) is 22.6 Å². The smallest absolute Gasteiger partial charge is 0.276 e. The monoisotopic (exact) mass is 632 g/mol. The first kappa shape index (κ1) is 31.2. The normalized spacial score (nSPS) is 25.2. The number of aromatic nitrogens is 4. The number of rotatable bonds is 8. The van der Waals surface area contributed by atoms with Crippen LogP contribution < -0.4 is 16.0 Å². The Hall–Kier alpha value is -4.21. The first-order valence-corrected chi connectivity index (χ1v) is 13.9. The van der Waals surface area contributed by atoms with Crippen molar-refractivity contribution < 1.29 is 33.0 Å². The van der Waals surface area contributed by atoms with Crippen molar-refractivity contribution in [1.82, 2.24) is 25.3 Å². The summed E-state index contributed by atoms with van der Waals surface area (Å²) >= 11 is 5.87. The van der Waals surface area contributed by atoms with Gasteiger partial charge >= 0.3 is 0 Å². The van der Waals surface area contributed by atoms with Crippen LogP contribution in [0.15, 0.2) is 52.0 Å². The fourth-order valence-electron chi connectivity index (χ4n) is 5.25. The molecule has 12 nitrogen and oxygen atoms in total. The lowest BCUT2D eigenvalue weighted by Gasteiger charge is -2.29. The summed E-state index contributed by atoms with van der Waals surface area (Å²) in [6.45, 7) is 4.83. The Kier molecular flexibility index (Phi) is 8.31. The predicted molar refractivity (Wildman–Crippen MR) is 152 cm³/mol. The van der Waals surface area contributed by atoms with Crippen LogP contribution in [-0.2, 0) is 4.79 Å². The summed E-state index contributed by atoms with van der Waals surface area (Å²) in [5.41, 5.74) is 5.88. The van der Waals surface area contributed by atoms with E-state index in [2.05, 4.69) is 30.2 Å². The van der Waals surface area contributed by atoms with Gasteiger partial charge in [-0.15, -0.1) is 0 Å². The van der Waals surface area contributed by atoms with Crippen LogP contribution in [0.2, 0.25) is 0 Å². The van der Waals surface area contributed by atoms with Crippen molar-refractivity contribution >= 4 is 35.6 Å². The summed E-state index contributed by atoms with van der Waals surface area (Å²) in [5.74, 6) is -6.30. The zero-order valence-electron chi connectivity index (χ0n) is 23.6. The van der Waals surface area contributed by atoms with Gasteiger partial charge in [0.25, 0.3) is 18.2 Å². The van der Waals surface area contributed by atoms with Crippen molar-refractivity contribution in [3.63, 3.8) is 0 Å². The number of aliphatic imine (C=N–C) groups is 1. The van der Waals surface area contributed by atoms with Gasteiger partial charge in [-0.3, -0.25) is 19.6 Å². The zero-order valence-corrected chi connectivity index (χ0v) is 24.4. The fraction of sp³-hybridized carbons (Fsp3) is 0.393. The average Bonchev–Trinajstić information content (AvgIpc) is 3.75. The molecule has 4 unspecified atom stereocenters. The maximum Gasteiger partial charge on any atom is 0.276 e. The molecule has 2 aromatic rings. The molecule has 1 saturated carbocycles. The molecule has 3 aliphatic rings. The van der Waals surface area contributed by atoms with Gasteiger partial charge in [0, 0.05) is 53.5 Å². The van der Waals surface area contributed by atoms with E-state index in [1.807, 2.05) is 0 Å². The Morgan fingerprint density at radius 1 is 1.23 bits per heavy atom. The van der Waals surface area contributed by atoms with Crippen molar-refractivity contribution in [2.45, 2.75) is 57.7 Å². The van der Waals surface area contributed by atoms with Crippen LogP contribution in [-0.4, -0.2) is 66.7 Å². The van der Waals surface area contributed by atoms with Crippen LogP contribution in [0.3, 0.4) is 0 Å². The fourth-order valence-corrected chi connectivity index (χ4v) is 5.44. The van der Waals surface area contributed by atoms with Crippen molar-refractivity contribution in [3.8, 4) is 0 Å². The SMILES string of the molecule is Cc1nc(N2C(=O)C3CC3C2(O)O)ncc1[C@H](C)N=CC(=CN)NC(=O)c1nc(C2C(C(F)F)=CC=C(Cl)C2F)cnc1C. The molecule has 0 bridgehead atoms. The molecule has 1 saturated heterocycles. The van der Waals surface area contributed by atoms with E-state index in [0.717, 1.165) is 29.4 Å². The number of allylic oxidation sites excluding steroid dienone is 5. The molecule has 5 rings (SSSR count). The quantitative estimate of drug-likeness (QED) is 0.251. The number of anilines is 1. The topological polar surface area (TPSA) is 180 Å². The lowest BCUT2D eigenvalue weighted by Crippen LogP contribution is -2.50. The number of fused-ring (bicyclic) bond motifs is 1. The molecule has 16 heteroatoms. The number of aliphatic hydroxyl groups is 2. The molecule has 5 N–H and O–H groups in total. The number of aryl methyl sites for hydroxylation is 2. The minimum atomic E-state index is -2.99. The van der Waals surface area contributed by atoms with E-state index in [1.165, 1.54) is 19.3 Å². The number of amides is 2. The number of carbonyl (C=O) groups excluding carboxylic acids is 2. The summed E-state index contributed by atoms with van der Waals surface area (Å²) in [6, 6.07) is -0.568. The Bertz CT molecular complexity index is 1650. The molecule has 0 radical (unpaired) electrons. The van der Waals surface area contributed by atoms with Crippen molar-refractivity contribution in [2.75, 3.05) is 4.90 Å². The number of hydrogen-bond donors (Lipinski definition) is 4. The first-order chi connectivity index (χ1) is 20.8. The molecule has 1 aliphatic heterocycles. The Morgan fingerprint density at radius 3 is 2.57 bits per heavy atom. The molecule has 2 aromatic heterocycles. The van der Waals surface area contributed by atoms with E-state index < -0.39 is 59.7 Å². The number of halogens is 4. The Morgan fingerprint density at radius 2 is 1.95 bits per heavy atom. The maximum absolute atomic E-state index is 14.9. The molecular weight excluding hydrogens is 605 g/mol. The van der Waals surface area contributed by atoms with Gasteiger partial charge in [0.2, 0.25) is 11.9 Å². The number of nitrogens with zero attached hydrogens (tertiary/aromatic N) is 6. The number of piperidine rings is 1. The van der Waals surface area contributed by atoms with Crippen LogP contribution in [0.25, 0.3) is 0 Å². The largest absolute Gasteiger partial charge is 0.403 e. The third kappa shape index (κ3) is 5.57. The molecule has 0 spiro atoms. The van der Waals surface area contributed by atoms with Crippen LogP contribution in [0, 0.1) is 25.7 Å². The van der Waals surface area contributed by atoms with Gasteiger partial charge in [0.05, 0.1) is 34.1 Å². The van der Waals surface area contributed by atoms with Gasteiger partial charge in [0.15, 0.2) is 0 Å². The zero-order chi connectivity index (χ0) is 32.1. The predicted octanol–water partition coefficient (Wildman–Crippen LogP) is 2.62. The van der Waals surface area contributed by atoms with E-state index in [0.29, 0.717) is 17.7 Å². The van der Waals surface area contributed by atoms with Gasteiger partial charge in [-0.1, -0.05) is 17.7 Å². The summed E-state index contributed by atoms with van der Waals surface area (Å²) < 4.78 is 42.2. The lowest BCUT2D eigenvalue weighted by molar-refractivity contribution is -0.170. The van der Waals surface area contributed by atoms with Gasteiger partial charge in [-0.25, -0.2) is 33.0 Å². The third-order valence-corrected chi connectivity index (χ3v) is 8.13. The van der Waals surface area contributed by atoms with E-state index in [9.17, 15) is 33.0 Å². The Labute approximate surface area is 254 Å². The van der Waals surface area contributed by atoms with Crippen LogP contribution >= 0.6 is 11.6 Å². The summed E-state index contributed by atoms with van der Waals surface area (Å²) in [4.78, 5) is 47.4. The van der Waals surface area contributed by atoms with E-state index >= 15 is 0 Å². The van der Waals surface area contributed by atoms with Gasteiger partial charge < -0.3 is 21.3 Å². The molecule has 2 aliphatic carbocycles. The number of nitrogens with two attached hydrogens (primary N) is 1. The van der Waals surface area contributed by atoms with E-state index in [1.54, 1.807) is 13.8 Å². The number of carbonyl (C=O) groups is 2. The first-order valence-electron chi connectivity index (χ1n) is 13.5. The maximum atomic E-state index is 14.9. The van der Waals surface area contributed by atoms with Crippen molar-refractivity contribution in [1.29, 1.82) is 0 Å². The standard InChI is InChI=1S/C28H28ClF3N8O4/c1-11(17-9-36-27(37-12(17)2)40-26(42)16-6-18(16)28(40,43)44)34-8-14(7-33)38-25(41)23-13(3)35-10-20(39-23)21-15(24(31)32)4-5-19(29)22(21)30/h4-5,7-11,16,18,21-22,24,43-44H,6,33H2,1-3H3,(H,38,41)/t11-,16?,18?,21?,22?/m0/s1. The molecule has 232 valence electrons. The highest BCUT2D eigenvalue weighted by Crippen LogP contribution is 2.54. The molecule has 0 aromatic carbocycles. The van der Waals surface area contributed by atoms with Gasteiger partial charge in [0.1, 0.15) is 11.9 Å². The van der Waals surface area contributed by atoms with Crippen molar-refractivity contribution in [3.05, 3.63) is 75.4 Å². The number of hydrogen-bond acceptors (Lipinski definition) is 10. The second kappa shape index (κ2) is 11.7. The highest BCUT2D eigenvalue weighted by molar-refractivity contribution is 6.30. The van der Waals surface area contributed by atoms with E-state index in [4.69, 9.17) is 17.3 Å². The molecule has 3 heterocycles. The molecular formula is C28H28ClF3N8O4. The van der Waals surface area contributed by atoms with Gasteiger partial charge in [-0.2, -0.15) is 0 Å². The summed E-state index contributed by atoms with van der Waals surface area (Å²) in [7, 11) is 0. The summed E-state index contributed by atoms with van der Waals surface area (Å²) in [5, 5.41) is 23.0. The number of nitrogens with one attached hydrogen (secondary N) is 1. The Balaban J connectivity index is 1.30. The van der Waals surface area contributed by atoms with Gasteiger partial charge in [-0.05, 0) is 33.3 Å². The minimum absolute atomic E-state index is 0.0519. The highest BCUT2D eigenvalue weighted by atomic mass is 35.5. The molecule has 2 amide bonds. The van der Waals surface area contributed by atoms with Crippen LogP contribution in [0.5, 0.6) is 0 Å². The van der Waals surface area contributed by atoms with Crippen LogP contribution in [0.1, 0.15) is 58.4 Å². The minimum Gasteiger partial charge on any atom is -0.403 e. The molecule has 44 heavy (non-hydrogen) atoms. The highest BCUT2D eigenvalue weighted by Gasteiger charge is 2.68. The third-order valence-electron chi connectivity index (χ3n) is 7.79.